The Kier molecular flexibility index (Phi) is 5.30. The average Bonchev–Trinajstić information content (AvgIpc) is 3.22. The lowest BCUT2D eigenvalue weighted by atomic mass is 10.1. The smallest absolute Gasteiger partial charge is 0.228 e. The van der Waals surface area contributed by atoms with Crippen LogP contribution in [0.5, 0.6) is 0 Å². The number of carbonyl (C=O) groups excluding carboxylic acids is 1. The van der Waals surface area contributed by atoms with Crippen LogP contribution in [0, 0.1) is 5.95 Å². The van der Waals surface area contributed by atoms with Gasteiger partial charge in [0, 0.05) is 75.0 Å². The molecule has 0 bridgehead atoms. The zero-order chi connectivity index (χ0) is 21.2. The van der Waals surface area contributed by atoms with E-state index in [0.717, 1.165) is 48.9 Å². The van der Waals surface area contributed by atoms with E-state index in [9.17, 15) is 9.18 Å². The van der Waals surface area contributed by atoms with Gasteiger partial charge in [0.1, 0.15) is 0 Å². The summed E-state index contributed by atoms with van der Waals surface area (Å²) in [5, 5.41) is 0. The Morgan fingerprint density at radius 3 is 2.45 bits per heavy atom. The Morgan fingerprint density at radius 2 is 1.71 bits per heavy atom. The summed E-state index contributed by atoms with van der Waals surface area (Å²) in [7, 11) is 0. The Hall–Kier alpha value is -3.39. The van der Waals surface area contributed by atoms with Crippen molar-refractivity contribution in [3.8, 4) is 11.1 Å². The topological polar surface area (TPSA) is 65.5 Å². The van der Waals surface area contributed by atoms with Crippen molar-refractivity contribution >= 4 is 17.5 Å². The van der Waals surface area contributed by atoms with Crippen LogP contribution in [0.1, 0.15) is 6.42 Å². The number of pyridine rings is 1. The van der Waals surface area contributed by atoms with Gasteiger partial charge in [-0.05, 0) is 35.9 Å². The van der Waals surface area contributed by atoms with E-state index < -0.39 is 5.95 Å². The first-order chi connectivity index (χ1) is 15.2. The van der Waals surface area contributed by atoms with E-state index in [1.165, 1.54) is 12.3 Å². The van der Waals surface area contributed by atoms with Gasteiger partial charge in [-0.25, -0.2) is 15.0 Å². The van der Waals surface area contributed by atoms with Crippen LogP contribution in [-0.4, -0.2) is 64.5 Å². The van der Waals surface area contributed by atoms with Gasteiger partial charge in [-0.2, -0.15) is 4.39 Å². The molecule has 5 rings (SSSR count). The lowest BCUT2D eigenvalue weighted by Gasteiger charge is -2.37. The molecule has 1 unspecified atom stereocenters. The summed E-state index contributed by atoms with van der Waals surface area (Å²) in [5.74, 6) is 0.392. The molecule has 4 heterocycles. The van der Waals surface area contributed by atoms with Gasteiger partial charge in [0.25, 0.3) is 0 Å². The maximum Gasteiger partial charge on any atom is 0.228 e. The van der Waals surface area contributed by atoms with E-state index in [1.54, 1.807) is 18.5 Å². The number of benzene rings is 1. The molecular weight excluding hydrogens is 395 g/mol. The first-order valence-corrected chi connectivity index (χ1v) is 10.5. The quantitative estimate of drug-likeness (QED) is 0.607. The van der Waals surface area contributed by atoms with Gasteiger partial charge in [-0.15, -0.1) is 0 Å². The van der Waals surface area contributed by atoms with Crippen molar-refractivity contribution in [1.29, 1.82) is 0 Å². The lowest BCUT2D eigenvalue weighted by molar-refractivity contribution is -0.117. The number of halogens is 1. The molecule has 7 nitrogen and oxygen atoms in total. The number of nitrogens with zero attached hydrogens (tertiary/aromatic N) is 6. The summed E-state index contributed by atoms with van der Waals surface area (Å²) >= 11 is 0. The highest BCUT2D eigenvalue weighted by molar-refractivity contribution is 5.96. The van der Waals surface area contributed by atoms with Gasteiger partial charge in [0.05, 0.1) is 0 Å². The summed E-state index contributed by atoms with van der Waals surface area (Å²) in [6.45, 7) is 4.13. The predicted octanol–water partition coefficient (Wildman–Crippen LogP) is 2.61. The standard InChI is InChI=1S/C23H23FN6O/c24-21-6-5-18(15-27-21)17-3-1-4-19(13-17)30-16-20(14-22(30)31)28-9-11-29(12-10-28)23-25-7-2-8-26-23/h1-8,13,15,20H,9-12,14,16H2. The van der Waals surface area contributed by atoms with Crippen LogP contribution in [0.3, 0.4) is 0 Å². The number of anilines is 2. The normalized spacial score (nSPS) is 19.8. The largest absolute Gasteiger partial charge is 0.338 e. The molecular formula is C23H23FN6O. The highest BCUT2D eigenvalue weighted by atomic mass is 19.1. The molecule has 1 amide bonds. The molecule has 1 atom stereocenters. The van der Waals surface area contributed by atoms with E-state index >= 15 is 0 Å². The second kappa shape index (κ2) is 8.39. The molecule has 2 fully saturated rings. The summed E-state index contributed by atoms with van der Waals surface area (Å²) in [4.78, 5) is 31.7. The Morgan fingerprint density at radius 1 is 0.903 bits per heavy atom. The predicted molar refractivity (Wildman–Crippen MR) is 116 cm³/mol. The molecule has 1 aromatic carbocycles. The van der Waals surface area contributed by atoms with Gasteiger partial charge in [-0.3, -0.25) is 9.69 Å². The maximum absolute atomic E-state index is 13.1. The van der Waals surface area contributed by atoms with Crippen LogP contribution in [-0.2, 0) is 4.79 Å². The summed E-state index contributed by atoms with van der Waals surface area (Å²) in [5.41, 5.74) is 2.61. The summed E-state index contributed by atoms with van der Waals surface area (Å²) < 4.78 is 13.1. The van der Waals surface area contributed by atoms with Crippen molar-refractivity contribution in [3.05, 3.63) is 67.0 Å². The summed E-state index contributed by atoms with van der Waals surface area (Å²) in [6.07, 6.45) is 5.56. The second-order valence-corrected chi connectivity index (χ2v) is 7.85. The van der Waals surface area contributed by atoms with E-state index in [0.29, 0.717) is 13.0 Å². The third-order valence-electron chi connectivity index (χ3n) is 5.99. The molecule has 2 aliphatic heterocycles. The number of hydrogen-bond acceptors (Lipinski definition) is 6. The van der Waals surface area contributed by atoms with E-state index in [4.69, 9.17) is 0 Å². The average molecular weight is 418 g/mol. The van der Waals surface area contributed by atoms with Crippen molar-refractivity contribution in [1.82, 2.24) is 19.9 Å². The van der Waals surface area contributed by atoms with Crippen LogP contribution in [0.25, 0.3) is 11.1 Å². The highest BCUT2D eigenvalue weighted by Gasteiger charge is 2.35. The van der Waals surface area contributed by atoms with Gasteiger partial charge >= 0.3 is 0 Å². The minimum absolute atomic E-state index is 0.133. The Balaban J connectivity index is 1.26. The van der Waals surface area contributed by atoms with Gasteiger partial charge in [0.15, 0.2) is 0 Å². The van der Waals surface area contributed by atoms with Crippen LogP contribution >= 0.6 is 0 Å². The van der Waals surface area contributed by atoms with Gasteiger partial charge in [-0.1, -0.05) is 12.1 Å². The molecule has 0 radical (unpaired) electrons. The van der Waals surface area contributed by atoms with Crippen molar-refractivity contribution in [2.24, 2.45) is 0 Å². The number of carbonyl (C=O) groups is 1. The molecule has 2 saturated heterocycles. The molecule has 158 valence electrons. The molecule has 0 spiro atoms. The number of amides is 1. The molecule has 31 heavy (non-hydrogen) atoms. The number of rotatable bonds is 4. The van der Waals surface area contributed by atoms with Gasteiger partial charge in [0.2, 0.25) is 17.8 Å². The third kappa shape index (κ3) is 4.11. The van der Waals surface area contributed by atoms with Crippen LogP contribution in [0.2, 0.25) is 0 Å². The van der Waals surface area contributed by atoms with Crippen LogP contribution in [0.4, 0.5) is 16.0 Å². The fourth-order valence-corrected chi connectivity index (χ4v) is 4.32. The van der Waals surface area contributed by atoms with E-state index in [-0.39, 0.29) is 11.9 Å². The minimum Gasteiger partial charge on any atom is -0.338 e. The van der Waals surface area contributed by atoms with Crippen LogP contribution < -0.4 is 9.80 Å². The van der Waals surface area contributed by atoms with E-state index in [1.807, 2.05) is 35.2 Å². The zero-order valence-electron chi connectivity index (χ0n) is 17.1. The molecule has 8 heteroatoms. The minimum atomic E-state index is -0.503. The number of hydrogen-bond donors (Lipinski definition) is 0. The first kappa shape index (κ1) is 19.6. The fraction of sp³-hybridized carbons (Fsp3) is 0.304. The lowest BCUT2D eigenvalue weighted by Crippen LogP contribution is -2.51. The van der Waals surface area contributed by atoms with E-state index in [2.05, 4.69) is 24.8 Å². The number of piperazine rings is 1. The molecule has 2 aliphatic rings. The fourth-order valence-electron chi connectivity index (χ4n) is 4.32. The first-order valence-electron chi connectivity index (χ1n) is 10.5. The molecule has 0 N–H and O–H groups in total. The molecule has 0 aliphatic carbocycles. The van der Waals surface area contributed by atoms with Crippen molar-refractivity contribution in [2.45, 2.75) is 12.5 Å². The molecule has 3 aromatic rings. The Labute approximate surface area is 180 Å². The van der Waals surface area contributed by atoms with Crippen molar-refractivity contribution < 1.29 is 9.18 Å². The van der Waals surface area contributed by atoms with Crippen LogP contribution in [0.15, 0.2) is 61.1 Å². The summed E-state index contributed by atoms with van der Waals surface area (Å²) in [6, 6.07) is 12.9. The highest BCUT2D eigenvalue weighted by Crippen LogP contribution is 2.29. The van der Waals surface area contributed by atoms with Crippen molar-refractivity contribution in [3.63, 3.8) is 0 Å². The number of aromatic nitrogens is 3. The van der Waals surface area contributed by atoms with Gasteiger partial charge < -0.3 is 9.80 Å². The maximum atomic E-state index is 13.1. The monoisotopic (exact) mass is 418 g/mol. The van der Waals surface area contributed by atoms with Crippen molar-refractivity contribution in [2.75, 3.05) is 42.5 Å². The SMILES string of the molecule is O=C1CC(N2CCN(c3ncccn3)CC2)CN1c1cccc(-c2ccc(F)nc2)c1. The molecule has 2 aromatic heterocycles. The zero-order valence-corrected chi connectivity index (χ0v) is 17.1. The molecule has 0 saturated carbocycles. The Bertz CT molecular complexity index is 1050. The second-order valence-electron chi connectivity index (χ2n) is 7.85. The third-order valence-corrected chi connectivity index (χ3v) is 5.99.